The van der Waals surface area contributed by atoms with Gasteiger partial charge in [0.15, 0.2) is 11.3 Å². The number of rotatable bonds is 5. The molecule has 7 rings (SSSR count). The number of nitrogens with zero attached hydrogens (tertiary/aromatic N) is 8. The lowest BCUT2D eigenvalue weighted by Crippen LogP contribution is -2.34. The van der Waals surface area contributed by atoms with E-state index >= 15 is 0 Å². The molecule has 3 aliphatic heterocycles. The number of aromatic nitrogens is 5. The number of hydrogen-bond acceptors (Lipinski definition) is 10. The van der Waals surface area contributed by atoms with E-state index in [1.807, 2.05) is 30.2 Å². The number of aryl methyl sites for hydroxylation is 1. The van der Waals surface area contributed by atoms with Gasteiger partial charge in [-0.2, -0.15) is 0 Å². The highest BCUT2D eigenvalue weighted by atomic mass is 16.5. The Morgan fingerprint density at radius 2 is 1.86 bits per heavy atom. The molecule has 0 N–H and O–H groups in total. The highest BCUT2D eigenvalue weighted by Crippen LogP contribution is 2.41. The van der Waals surface area contributed by atoms with Gasteiger partial charge >= 0.3 is 5.97 Å². The fourth-order valence-corrected chi connectivity index (χ4v) is 6.80. The van der Waals surface area contributed by atoms with Crippen LogP contribution in [-0.4, -0.2) is 87.7 Å². The summed E-state index contributed by atoms with van der Waals surface area (Å²) in [6.07, 6.45) is 8.07. The number of hydrogen-bond donors (Lipinski definition) is 0. The maximum Gasteiger partial charge on any atom is 0.356 e. The van der Waals surface area contributed by atoms with Gasteiger partial charge < -0.3 is 23.9 Å². The molecule has 1 unspecified atom stereocenters. The second kappa shape index (κ2) is 9.81. The molecular formula is C30H34N8O4. The van der Waals surface area contributed by atoms with Crippen LogP contribution in [0.4, 0.5) is 11.5 Å². The second-order valence-electron chi connectivity index (χ2n) is 12.2. The number of anilines is 2. The molecule has 0 saturated carbocycles. The summed E-state index contributed by atoms with van der Waals surface area (Å²) >= 11 is 0. The molecule has 4 aromatic heterocycles. The first-order valence-corrected chi connectivity index (χ1v) is 14.4. The van der Waals surface area contributed by atoms with Crippen LogP contribution < -0.4 is 9.80 Å². The summed E-state index contributed by atoms with van der Waals surface area (Å²) in [6, 6.07) is 7.51. The van der Waals surface area contributed by atoms with Crippen LogP contribution in [0.5, 0.6) is 0 Å². The van der Waals surface area contributed by atoms with Crippen molar-refractivity contribution < 1.29 is 18.7 Å². The van der Waals surface area contributed by atoms with Crippen molar-refractivity contribution in [2.75, 3.05) is 56.2 Å². The Kier molecular flexibility index (Phi) is 6.17. The Labute approximate surface area is 243 Å². The van der Waals surface area contributed by atoms with Gasteiger partial charge in [-0.05, 0) is 56.9 Å². The zero-order valence-corrected chi connectivity index (χ0v) is 24.1. The van der Waals surface area contributed by atoms with Crippen LogP contribution in [0.15, 0.2) is 47.3 Å². The standard InChI is InChI=1S/C30H34N8O4/c1-20-15-21(35-11-7-29(2,17-35)28-31-10-14-42-28)16-38-25(20)33-24(34-38)26(39)37-13-9-30(19-37)8-12-36(18-30)23-6-4-5-22(32-23)27(40)41-3/h4-6,10,14-16H,7-9,11-13,17-19H2,1-3H3/t29?,30-/m1/s1. The zero-order chi connectivity index (χ0) is 29.1. The molecule has 0 radical (unpaired) electrons. The molecule has 2 atom stereocenters. The number of likely N-dealkylation sites (tertiary alicyclic amines) is 1. The van der Waals surface area contributed by atoms with E-state index in [0.29, 0.717) is 24.4 Å². The number of esters is 1. The zero-order valence-electron chi connectivity index (χ0n) is 24.1. The van der Waals surface area contributed by atoms with Crippen molar-refractivity contribution in [1.82, 2.24) is 29.5 Å². The van der Waals surface area contributed by atoms with E-state index in [1.54, 1.807) is 23.0 Å². The van der Waals surface area contributed by atoms with Crippen molar-refractivity contribution in [3.63, 3.8) is 0 Å². The van der Waals surface area contributed by atoms with E-state index in [-0.39, 0.29) is 22.6 Å². The Bertz CT molecular complexity index is 1670. The van der Waals surface area contributed by atoms with Gasteiger partial charge in [-0.15, -0.1) is 5.10 Å². The predicted molar refractivity (Wildman–Crippen MR) is 154 cm³/mol. The molecule has 218 valence electrons. The fraction of sp³-hybridized carbons (Fsp3) is 0.467. The topological polar surface area (TPSA) is 122 Å². The lowest BCUT2D eigenvalue weighted by molar-refractivity contribution is 0.0593. The number of methoxy groups -OCH3 is 1. The third-order valence-electron chi connectivity index (χ3n) is 9.20. The van der Waals surface area contributed by atoms with Gasteiger partial charge in [0.05, 0.1) is 30.6 Å². The van der Waals surface area contributed by atoms with Crippen LogP contribution in [0, 0.1) is 12.3 Å². The van der Waals surface area contributed by atoms with Crippen LogP contribution in [0.25, 0.3) is 5.65 Å². The van der Waals surface area contributed by atoms with Gasteiger partial charge in [0.1, 0.15) is 12.1 Å². The minimum Gasteiger partial charge on any atom is -0.464 e. The maximum atomic E-state index is 13.6. The van der Waals surface area contributed by atoms with Gasteiger partial charge in [-0.25, -0.2) is 24.3 Å². The van der Waals surface area contributed by atoms with E-state index in [2.05, 4.69) is 42.8 Å². The quantitative estimate of drug-likeness (QED) is 0.331. The van der Waals surface area contributed by atoms with Crippen molar-refractivity contribution in [2.45, 2.75) is 38.5 Å². The van der Waals surface area contributed by atoms with Crippen molar-refractivity contribution in [3.8, 4) is 0 Å². The molecule has 0 aromatic carbocycles. The molecule has 12 nitrogen and oxygen atoms in total. The average Bonchev–Trinajstić information content (AvgIpc) is 3.83. The molecule has 7 heterocycles. The number of pyridine rings is 2. The Balaban J connectivity index is 1.05. The third kappa shape index (κ3) is 4.45. The van der Waals surface area contributed by atoms with Gasteiger partial charge in [0.25, 0.3) is 5.91 Å². The molecule has 1 amide bonds. The van der Waals surface area contributed by atoms with Gasteiger partial charge in [0.2, 0.25) is 11.7 Å². The van der Waals surface area contributed by atoms with Crippen molar-refractivity contribution >= 4 is 29.0 Å². The lowest BCUT2D eigenvalue weighted by atomic mass is 9.86. The summed E-state index contributed by atoms with van der Waals surface area (Å²) in [7, 11) is 1.35. The molecule has 4 aromatic rings. The molecule has 0 aliphatic carbocycles. The smallest absolute Gasteiger partial charge is 0.356 e. The normalized spacial score (nSPS) is 23.9. The molecule has 0 bridgehead atoms. The van der Waals surface area contributed by atoms with Crippen LogP contribution in [0.2, 0.25) is 0 Å². The average molecular weight is 571 g/mol. The summed E-state index contributed by atoms with van der Waals surface area (Å²) in [4.78, 5) is 45.5. The Morgan fingerprint density at radius 3 is 2.67 bits per heavy atom. The van der Waals surface area contributed by atoms with Crippen molar-refractivity contribution in [1.29, 1.82) is 0 Å². The number of fused-ring (bicyclic) bond motifs is 1. The van der Waals surface area contributed by atoms with E-state index in [4.69, 9.17) is 9.15 Å². The summed E-state index contributed by atoms with van der Waals surface area (Å²) in [5.74, 6) is 1.15. The van der Waals surface area contributed by atoms with E-state index < -0.39 is 5.97 Å². The van der Waals surface area contributed by atoms with Crippen molar-refractivity contribution in [2.24, 2.45) is 5.41 Å². The van der Waals surface area contributed by atoms with E-state index in [9.17, 15) is 9.59 Å². The SMILES string of the molecule is COC(=O)c1cccc(N2CC[C@@]3(CCN(C(=O)c4nc5c(C)cc(N6CCC(C)(c7ncco7)C6)cn5n4)C3)C2)n1. The predicted octanol–water partition coefficient (Wildman–Crippen LogP) is 3.12. The molecule has 1 spiro atoms. The second-order valence-corrected chi connectivity index (χ2v) is 12.2. The highest BCUT2D eigenvalue weighted by molar-refractivity contribution is 5.91. The minimum absolute atomic E-state index is 0.0217. The summed E-state index contributed by atoms with van der Waals surface area (Å²) in [5.41, 5.74) is 2.81. The summed E-state index contributed by atoms with van der Waals surface area (Å²) in [5, 5.41) is 4.64. The number of carbonyl (C=O) groups excluding carboxylic acids is 2. The molecule has 3 aliphatic rings. The van der Waals surface area contributed by atoms with E-state index in [1.165, 1.54) is 7.11 Å². The number of carbonyl (C=O) groups is 2. The van der Waals surface area contributed by atoms with Gasteiger partial charge in [-0.1, -0.05) is 6.07 Å². The van der Waals surface area contributed by atoms with Crippen LogP contribution >= 0.6 is 0 Å². The van der Waals surface area contributed by atoms with E-state index in [0.717, 1.165) is 68.4 Å². The molecule has 3 saturated heterocycles. The third-order valence-corrected chi connectivity index (χ3v) is 9.20. The number of oxazole rings is 1. The van der Waals surface area contributed by atoms with Gasteiger partial charge in [0, 0.05) is 44.7 Å². The first kappa shape index (κ1) is 26.4. The number of amides is 1. The fourth-order valence-electron chi connectivity index (χ4n) is 6.80. The number of ether oxygens (including phenoxy) is 1. The first-order valence-electron chi connectivity index (χ1n) is 14.4. The van der Waals surface area contributed by atoms with Crippen LogP contribution in [0.1, 0.15) is 58.7 Å². The summed E-state index contributed by atoms with van der Waals surface area (Å²) < 4.78 is 12.2. The molecular weight excluding hydrogens is 536 g/mol. The first-order chi connectivity index (χ1) is 20.3. The molecule has 42 heavy (non-hydrogen) atoms. The lowest BCUT2D eigenvalue weighted by Gasteiger charge is -2.25. The van der Waals surface area contributed by atoms with Crippen molar-refractivity contribution in [3.05, 3.63) is 65.9 Å². The monoisotopic (exact) mass is 570 g/mol. The van der Waals surface area contributed by atoms with Gasteiger partial charge in [-0.3, -0.25) is 4.79 Å². The molecule has 12 heteroatoms. The van der Waals surface area contributed by atoms with Crippen LogP contribution in [-0.2, 0) is 10.2 Å². The highest BCUT2D eigenvalue weighted by Gasteiger charge is 2.46. The molecule has 3 fully saturated rings. The minimum atomic E-state index is -0.448. The summed E-state index contributed by atoms with van der Waals surface area (Å²) in [6.45, 7) is 8.75. The Morgan fingerprint density at radius 1 is 1.02 bits per heavy atom. The maximum absolute atomic E-state index is 13.6. The largest absolute Gasteiger partial charge is 0.464 e. The Hall–Kier alpha value is -4.48. The van der Waals surface area contributed by atoms with Crippen LogP contribution in [0.3, 0.4) is 0 Å².